The van der Waals surface area contributed by atoms with Gasteiger partial charge in [-0.15, -0.1) is 0 Å². The number of rotatable bonds is 8. The topological polar surface area (TPSA) is 72.9 Å². The lowest BCUT2D eigenvalue weighted by molar-refractivity contribution is -0.158. The Bertz CT molecular complexity index is 713. The average molecular weight is 375 g/mol. The molecule has 1 aromatic rings. The van der Waals surface area contributed by atoms with Gasteiger partial charge >= 0.3 is 5.97 Å². The molecule has 1 aliphatic heterocycles. The van der Waals surface area contributed by atoms with Gasteiger partial charge in [-0.05, 0) is 56.4 Å². The lowest BCUT2D eigenvalue weighted by Crippen LogP contribution is -2.31. The molecule has 1 aromatic carbocycles. The Hall–Kier alpha value is -2.21. The number of ketones is 1. The molecule has 2 rings (SSSR count). The lowest BCUT2D eigenvalue weighted by Gasteiger charge is -2.18. The number of benzene rings is 1. The van der Waals surface area contributed by atoms with E-state index in [1.54, 1.807) is 36.9 Å². The highest BCUT2D eigenvalue weighted by Crippen LogP contribution is 2.29. The van der Waals surface area contributed by atoms with Gasteiger partial charge in [0.05, 0.1) is 0 Å². The maximum Gasteiger partial charge on any atom is 0.335 e. The van der Waals surface area contributed by atoms with E-state index in [0.29, 0.717) is 31.1 Å². The molecule has 0 radical (unpaired) electrons. The van der Waals surface area contributed by atoms with Crippen molar-refractivity contribution in [3.63, 3.8) is 0 Å². The number of amides is 1. The van der Waals surface area contributed by atoms with Crippen LogP contribution in [0.25, 0.3) is 0 Å². The van der Waals surface area contributed by atoms with Gasteiger partial charge < -0.3 is 14.4 Å². The summed E-state index contributed by atoms with van der Waals surface area (Å²) in [6.07, 6.45) is -0.0242. The largest absolute Gasteiger partial charge is 0.452 e. The van der Waals surface area contributed by atoms with E-state index in [-0.39, 0.29) is 11.7 Å². The fourth-order valence-electron chi connectivity index (χ4n) is 2.99. The van der Waals surface area contributed by atoms with E-state index in [1.165, 1.54) is 6.92 Å². The number of nitrogens with zero attached hydrogens (tertiary/aromatic N) is 1. The summed E-state index contributed by atoms with van der Waals surface area (Å²) in [5, 5.41) is 0. The zero-order valence-electron chi connectivity index (χ0n) is 16.8. The normalized spacial score (nSPS) is 15.4. The van der Waals surface area contributed by atoms with E-state index in [0.717, 1.165) is 17.7 Å². The van der Waals surface area contributed by atoms with Crippen LogP contribution in [0.3, 0.4) is 0 Å². The van der Waals surface area contributed by atoms with Gasteiger partial charge in [-0.25, -0.2) is 4.79 Å². The molecule has 0 fully saturated rings. The van der Waals surface area contributed by atoms with Crippen molar-refractivity contribution in [2.45, 2.75) is 59.7 Å². The van der Waals surface area contributed by atoms with Crippen molar-refractivity contribution < 1.29 is 23.9 Å². The van der Waals surface area contributed by atoms with Crippen molar-refractivity contribution >= 4 is 23.3 Å². The van der Waals surface area contributed by atoms with Crippen molar-refractivity contribution in [3.05, 3.63) is 29.3 Å². The molecule has 2 atom stereocenters. The zero-order chi connectivity index (χ0) is 20.1. The van der Waals surface area contributed by atoms with Crippen LogP contribution in [-0.2, 0) is 25.5 Å². The Morgan fingerprint density at radius 3 is 2.44 bits per heavy atom. The summed E-state index contributed by atoms with van der Waals surface area (Å²) < 4.78 is 10.8. The van der Waals surface area contributed by atoms with Gasteiger partial charge in [0.25, 0.3) is 0 Å². The molecule has 0 aromatic heterocycles. The zero-order valence-corrected chi connectivity index (χ0v) is 16.8. The van der Waals surface area contributed by atoms with Crippen LogP contribution in [0.1, 0.15) is 57.0 Å². The Labute approximate surface area is 160 Å². The SMILES string of the molecule is CC(=O)N1CCc2cc(C(=O)C(C)OC(=O)C(C)OCCC(C)C)ccc21. The van der Waals surface area contributed by atoms with E-state index >= 15 is 0 Å². The summed E-state index contributed by atoms with van der Waals surface area (Å²) in [4.78, 5) is 38.1. The smallest absolute Gasteiger partial charge is 0.335 e. The van der Waals surface area contributed by atoms with Gasteiger partial charge in [0.1, 0.15) is 0 Å². The third-order valence-corrected chi connectivity index (χ3v) is 4.70. The minimum Gasteiger partial charge on any atom is -0.452 e. The Balaban J connectivity index is 1.95. The van der Waals surface area contributed by atoms with E-state index in [2.05, 4.69) is 13.8 Å². The molecule has 6 nitrogen and oxygen atoms in total. The van der Waals surface area contributed by atoms with Gasteiger partial charge in [-0.1, -0.05) is 13.8 Å². The summed E-state index contributed by atoms with van der Waals surface area (Å²) in [5.74, 6) is -0.320. The number of hydrogen-bond acceptors (Lipinski definition) is 5. The number of anilines is 1. The van der Waals surface area contributed by atoms with E-state index in [1.807, 2.05) is 0 Å². The summed E-state index contributed by atoms with van der Waals surface area (Å²) in [6, 6.07) is 5.24. The van der Waals surface area contributed by atoms with Crippen LogP contribution in [0, 0.1) is 5.92 Å². The van der Waals surface area contributed by atoms with Crippen molar-refractivity contribution in [2.75, 3.05) is 18.1 Å². The van der Waals surface area contributed by atoms with Crippen LogP contribution in [0.4, 0.5) is 5.69 Å². The molecule has 0 N–H and O–H groups in total. The molecule has 27 heavy (non-hydrogen) atoms. The van der Waals surface area contributed by atoms with Crippen LogP contribution in [-0.4, -0.2) is 43.0 Å². The standard InChI is InChI=1S/C21H29NO5/c1-13(2)9-11-26-15(4)21(25)27-14(3)20(24)18-6-7-19-17(12-18)8-10-22(19)16(5)23/h6-7,12-15H,8-11H2,1-5H3. The quantitative estimate of drug-likeness (QED) is 0.515. The number of fused-ring (bicyclic) bond motifs is 1. The molecule has 0 bridgehead atoms. The highest BCUT2D eigenvalue weighted by Gasteiger charge is 2.26. The molecule has 0 spiro atoms. The number of Topliss-reactive ketones (excluding diaryl/α,β-unsaturated/α-hetero) is 1. The first kappa shape index (κ1) is 21.1. The van der Waals surface area contributed by atoms with Crippen LogP contribution >= 0.6 is 0 Å². The second kappa shape index (κ2) is 9.13. The van der Waals surface area contributed by atoms with Crippen LogP contribution in [0.15, 0.2) is 18.2 Å². The number of carbonyl (C=O) groups excluding carboxylic acids is 3. The molecule has 1 heterocycles. The van der Waals surface area contributed by atoms with Gasteiger partial charge in [-0.3, -0.25) is 9.59 Å². The summed E-state index contributed by atoms with van der Waals surface area (Å²) in [7, 11) is 0. The number of carbonyl (C=O) groups is 3. The molecule has 2 unspecified atom stereocenters. The Morgan fingerprint density at radius 1 is 1.11 bits per heavy atom. The summed E-state index contributed by atoms with van der Waals surface area (Å²) >= 11 is 0. The van der Waals surface area contributed by atoms with Gasteiger partial charge in [0.15, 0.2) is 12.2 Å². The number of ether oxygens (including phenoxy) is 2. The first-order valence-corrected chi connectivity index (χ1v) is 9.48. The Kier molecular flexibility index (Phi) is 7.13. The molecule has 1 amide bonds. The Morgan fingerprint density at radius 2 is 1.81 bits per heavy atom. The fourth-order valence-corrected chi connectivity index (χ4v) is 2.99. The van der Waals surface area contributed by atoms with Crippen molar-refractivity contribution in [1.29, 1.82) is 0 Å². The van der Waals surface area contributed by atoms with E-state index in [4.69, 9.17) is 9.47 Å². The third kappa shape index (κ3) is 5.39. The van der Waals surface area contributed by atoms with Crippen molar-refractivity contribution in [2.24, 2.45) is 5.92 Å². The molecule has 1 aliphatic rings. The summed E-state index contributed by atoms with van der Waals surface area (Å²) in [6.45, 7) is 9.99. The molecule has 0 aliphatic carbocycles. The molecular weight excluding hydrogens is 346 g/mol. The van der Waals surface area contributed by atoms with E-state index < -0.39 is 18.2 Å². The second-order valence-electron chi connectivity index (χ2n) is 7.40. The van der Waals surface area contributed by atoms with Crippen molar-refractivity contribution in [1.82, 2.24) is 0 Å². The molecule has 6 heteroatoms. The minimum absolute atomic E-state index is 0.0124. The molecule has 0 saturated carbocycles. The van der Waals surface area contributed by atoms with Crippen molar-refractivity contribution in [3.8, 4) is 0 Å². The predicted octanol–water partition coefficient (Wildman–Crippen LogP) is 3.16. The highest BCUT2D eigenvalue weighted by atomic mass is 16.6. The van der Waals surface area contributed by atoms with E-state index in [9.17, 15) is 14.4 Å². The minimum atomic E-state index is -0.892. The highest BCUT2D eigenvalue weighted by molar-refractivity contribution is 6.02. The second-order valence-corrected chi connectivity index (χ2v) is 7.40. The van der Waals surface area contributed by atoms with Crippen LogP contribution in [0.5, 0.6) is 0 Å². The lowest BCUT2D eigenvalue weighted by atomic mass is 10.0. The van der Waals surface area contributed by atoms with Crippen LogP contribution < -0.4 is 4.90 Å². The summed E-state index contributed by atoms with van der Waals surface area (Å²) in [5.41, 5.74) is 2.28. The maximum atomic E-state index is 12.6. The average Bonchev–Trinajstić information content (AvgIpc) is 3.03. The molecule has 0 saturated heterocycles. The van der Waals surface area contributed by atoms with Gasteiger partial charge in [0, 0.05) is 31.3 Å². The molecule has 148 valence electrons. The van der Waals surface area contributed by atoms with Crippen LogP contribution in [0.2, 0.25) is 0 Å². The van der Waals surface area contributed by atoms with Gasteiger partial charge in [0.2, 0.25) is 11.7 Å². The van der Waals surface area contributed by atoms with Gasteiger partial charge in [-0.2, -0.15) is 0 Å². The number of hydrogen-bond donors (Lipinski definition) is 0. The fraction of sp³-hybridized carbons (Fsp3) is 0.571. The predicted molar refractivity (Wildman–Crippen MR) is 103 cm³/mol. The number of esters is 1. The maximum absolute atomic E-state index is 12.6. The third-order valence-electron chi connectivity index (χ3n) is 4.70. The molecular formula is C21H29NO5. The first-order valence-electron chi connectivity index (χ1n) is 9.48. The first-order chi connectivity index (χ1) is 12.7. The monoisotopic (exact) mass is 375 g/mol.